The fourth-order valence-corrected chi connectivity index (χ4v) is 2.07. The number of ketones is 1. The van der Waals surface area contributed by atoms with Crippen molar-refractivity contribution in [3.63, 3.8) is 0 Å². The molecule has 18 heavy (non-hydrogen) atoms. The van der Waals surface area contributed by atoms with E-state index in [9.17, 15) is 9.59 Å². The average Bonchev–Trinajstić information content (AvgIpc) is 2.32. The van der Waals surface area contributed by atoms with Crippen LogP contribution < -0.4 is 4.74 Å². The molecular weight excluding hydrogens is 230 g/mol. The number of Topliss-reactive ketones (excluding diaryl/α,β-unsaturated/α-hetero) is 1. The van der Waals surface area contributed by atoms with E-state index in [4.69, 9.17) is 4.74 Å². The number of nitrogens with zero attached hydrogens (tertiary/aromatic N) is 1. The van der Waals surface area contributed by atoms with E-state index < -0.39 is 6.09 Å². The predicted molar refractivity (Wildman–Crippen MR) is 67.8 cm³/mol. The monoisotopic (exact) mass is 247 g/mol. The molecule has 96 valence electrons. The van der Waals surface area contributed by atoms with Gasteiger partial charge in [-0.15, -0.1) is 0 Å². The van der Waals surface area contributed by atoms with Gasteiger partial charge in [0.2, 0.25) is 0 Å². The van der Waals surface area contributed by atoms with Crippen molar-refractivity contribution in [1.82, 2.24) is 4.90 Å². The number of benzene rings is 1. The van der Waals surface area contributed by atoms with Crippen molar-refractivity contribution in [3.05, 3.63) is 29.3 Å². The number of aryl methyl sites for hydroxylation is 2. The Kier molecular flexibility index (Phi) is 3.65. The van der Waals surface area contributed by atoms with Gasteiger partial charge in [-0.25, -0.2) is 4.79 Å². The molecule has 1 aliphatic heterocycles. The van der Waals surface area contributed by atoms with Crippen molar-refractivity contribution in [2.45, 2.75) is 26.7 Å². The fraction of sp³-hybridized carbons (Fsp3) is 0.429. The van der Waals surface area contributed by atoms with E-state index in [1.54, 1.807) is 6.07 Å². The smallest absolute Gasteiger partial charge is 0.410 e. The lowest BCUT2D eigenvalue weighted by atomic mass is 10.1. The number of ether oxygens (including phenoxy) is 1. The molecule has 1 heterocycles. The van der Waals surface area contributed by atoms with Crippen LogP contribution in [-0.4, -0.2) is 29.9 Å². The topological polar surface area (TPSA) is 46.6 Å². The van der Waals surface area contributed by atoms with E-state index in [-0.39, 0.29) is 12.3 Å². The highest BCUT2D eigenvalue weighted by Crippen LogP contribution is 2.20. The Morgan fingerprint density at radius 2 is 2.11 bits per heavy atom. The molecule has 2 rings (SSSR count). The van der Waals surface area contributed by atoms with Crippen LogP contribution >= 0.6 is 0 Å². The van der Waals surface area contributed by atoms with Crippen LogP contribution in [0.5, 0.6) is 5.75 Å². The molecular formula is C14H17NO3. The Bertz CT molecular complexity index is 482. The molecule has 4 heteroatoms. The molecule has 1 aromatic rings. The van der Waals surface area contributed by atoms with E-state index in [1.807, 2.05) is 26.0 Å². The van der Waals surface area contributed by atoms with Crippen molar-refractivity contribution in [2.24, 2.45) is 0 Å². The van der Waals surface area contributed by atoms with Gasteiger partial charge in [-0.05, 0) is 31.9 Å². The van der Waals surface area contributed by atoms with Crippen LogP contribution in [0.15, 0.2) is 18.2 Å². The first-order chi connectivity index (χ1) is 8.56. The molecule has 0 atom stereocenters. The lowest BCUT2D eigenvalue weighted by Crippen LogP contribution is -2.41. The minimum absolute atomic E-state index is 0.0961. The largest absolute Gasteiger partial charge is 0.415 e. The van der Waals surface area contributed by atoms with E-state index in [1.165, 1.54) is 4.90 Å². The summed E-state index contributed by atoms with van der Waals surface area (Å²) >= 11 is 0. The summed E-state index contributed by atoms with van der Waals surface area (Å²) in [5, 5.41) is 0. The van der Waals surface area contributed by atoms with Gasteiger partial charge in [-0.3, -0.25) is 4.79 Å². The predicted octanol–water partition coefficient (Wildman–Crippen LogP) is 2.47. The van der Waals surface area contributed by atoms with E-state index in [0.29, 0.717) is 18.7 Å². The van der Waals surface area contributed by atoms with E-state index in [2.05, 4.69) is 0 Å². The van der Waals surface area contributed by atoms with Gasteiger partial charge in [-0.1, -0.05) is 17.7 Å². The molecule has 0 aromatic heterocycles. The second-order valence-corrected chi connectivity index (χ2v) is 4.70. The number of amides is 1. The molecule has 1 aliphatic rings. The van der Waals surface area contributed by atoms with Crippen LogP contribution in [0.2, 0.25) is 0 Å². The van der Waals surface area contributed by atoms with Gasteiger partial charge in [-0.2, -0.15) is 0 Å². The zero-order valence-corrected chi connectivity index (χ0v) is 10.7. The molecule has 1 fully saturated rings. The summed E-state index contributed by atoms with van der Waals surface area (Å²) in [6.45, 7) is 4.65. The normalized spacial score (nSPS) is 15.7. The standard InChI is InChI=1S/C14H17NO3/c1-10-5-6-13(11(2)8-10)18-14(17)15-7-3-4-12(16)9-15/h5-6,8H,3-4,7,9H2,1-2H3. The van der Waals surface area contributed by atoms with Crippen molar-refractivity contribution in [1.29, 1.82) is 0 Å². The highest BCUT2D eigenvalue weighted by atomic mass is 16.6. The van der Waals surface area contributed by atoms with Gasteiger partial charge in [0.15, 0.2) is 5.78 Å². The Hall–Kier alpha value is -1.84. The van der Waals surface area contributed by atoms with Gasteiger partial charge < -0.3 is 9.64 Å². The molecule has 1 saturated heterocycles. The third kappa shape index (κ3) is 2.88. The van der Waals surface area contributed by atoms with Gasteiger partial charge >= 0.3 is 6.09 Å². The van der Waals surface area contributed by atoms with Crippen LogP contribution in [0.4, 0.5) is 4.79 Å². The van der Waals surface area contributed by atoms with Gasteiger partial charge in [0.1, 0.15) is 5.75 Å². The number of hydrogen-bond donors (Lipinski definition) is 0. The molecule has 4 nitrogen and oxygen atoms in total. The maximum Gasteiger partial charge on any atom is 0.415 e. The molecule has 0 N–H and O–H groups in total. The van der Waals surface area contributed by atoms with Crippen molar-refractivity contribution < 1.29 is 14.3 Å². The van der Waals surface area contributed by atoms with Crippen molar-refractivity contribution in [3.8, 4) is 5.75 Å². The van der Waals surface area contributed by atoms with Crippen LogP contribution in [0.1, 0.15) is 24.0 Å². The lowest BCUT2D eigenvalue weighted by molar-refractivity contribution is -0.121. The number of rotatable bonds is 1. The van der Waals surface area contributed by atoms with Crippen LogP contribution in [-0.2, 0) is 4.79 Å². The summed E-state index contributed by atoms with van der Waals surface area (Å²) in [6.07, 6.45) is 0.851. The summed E-state index contributed by atoms with van der Waals surface area (Å²) in [5.41, 5.74) is 2.05. The SMILES string of the molecule is Cc1ccc(OC(=O)N2CCCC(=O)C2)c(C)c1. The summed E-state index contributed by atoms with van der Waals surface area (Å²) in [6, 6.07) is 5.65. The zero-order valence-electron chi connectivity index (χ0n) is 10.7. The summed E-state index contributed by atoms with van der Waals surface area (Å²) < 4.78 is 5.32. The van der Waals surface area contributed by atoms with Crippen molar-refractivity contribution >= 4 is 11.9 Å². The zero-order chi connectivity index (χ0) is 13.1. The third-order valence-corrected chi connectivity index (χ3v) is 3.04. The molecule has 1 amide bonds. The number of piperidine rings is 1. The Morgan fingerprint density at radius 1 is 1.33 bits per heavy atom. The molecule has 0 saturated carbocycles. The Labute approximate surface area is 107 Å². The van der Waals surface area contributed by atoms with Crippen molar-refractivity contribution in [2.75, 3.05) is 13.1 Å². The Morgan fingerprint density at radius 3 is 2.78 bits per heavy atom. The number of carbonyl (C=O) groups is 2. The number of hydrogen-bond acceptors (Lipinski definition) is 3. The number of likely N-dealkylation sites (tertiary alicyclic amines) is 1. The summed E-state index contributed by atoms with van der Waals surface area (Å²) in [5.74, 6) is 0.655. The quantitative estimate of drug-likeness (QED) is 0.765. The van der Waals surface area contributed by atoms with Crippen LogP contribution in [0, 0.1) is 13.8 Å². The molecule has 0 radical (unpaired) electrons. The first kappa shape index (κ1) is 12.6. The molecule has 1 aromatic carbocycles. The highest BCUT2D eigenvalue weighted by Gasteiger charge is 2.23. The van der Waals surface area contributed by atoms with Crippen LogP contribution in [0.3, 0.4) is 0 Å². The fourth-order valence-electron chi connectivity index (χ4n) is 2.07. The second kappa shape index (κ2) is 5.21. The first-order valence-electron chi connectivity index (χ1n) is 6.12. The first-order valence-corrected chi connectivity index (χ1v) is 6.12. The van der Waals surface area contributed by atoms with Gasteiger partial charge in [0, 0.05) is 13.0 Å². The minimum atomic E-state index is -0.435. The molecule has 0 unspecified atom stereocenters. The van der Waals surface area contributed by atoms with Crippen LogP contribution in [0.25, 0.3) is 0 Å². The number of carbonyl (C=O) groups excluding carboxylic acids is 2. The average molecular weight is 247 g/mol. The van der Waals surface area contributed by atoms with E-state index in [0.717, 1.165) is 17.5 Å². The maximum absolute atomic E-state index is 11.9. The second-order valence-electron chi connectivity index (χ2n) is 4.70. The van der Waals surface area contributed by atoms with Gasteiger partial charge in [0.25, 0.3) is 0 Å². The molecule has 0 bridgehead atoms. The third-order valence-electron chi connectivity index (χ3n) is 3.04. The lowest BCUT2D eigenvalue weighted by Gasteiger charge is -2.25. The Balaban J connectivity index is 2.04. The maximum atomic E-state index is 11.9. The molecule has 0 aliphatic carbocycles. The van der Waals surface area contributed by atoms with Gasteiger partial charge in [0.05, 0.1) is 6.54 Å². The molecule has 0 spiro atoms. The highest BCUT2D eigenvalue weighted by molar-refractivity contribution is 5.85. The summed E-state index contributed by atoms with van der Waals surface area (Å²) in [7, 11) is 0. The van der Waals surface area contributed by atoms with E-state index >= 15 is 0 Å². The summed E-state index contributed by atoms with van der Waals surface area (Å²) in [4.78, 5) is 24.7. The minimum Gasteiger partial charge on any atom is -0.410 e.